The van der Waals surface area contributed by atoms with Gasteiger partial charge in [-0.05, 0) is 74.2 Å². The molecular formula is C43H42N8O. The molecule has 0 saturated heterocycles. The van der Waals surface area contributed by atoms with Gasteiger partial charge < -0.3 is 9.97 Å². The second-order valence-corrected chi connectivity index (χ2v) is 13.8. The van der Waals surface area contributed by atoms with Gasteiger partial charge in [0, 0.05) is 70.9 Å². The third-order valence-corrected chi connectivity index (χ3v) is 10.7. The van der Waals surface area contributed by atoms with Crippen molar-refractivity contribution in [1.29, 1.82) is 0 Å². The van der Waals surface area contributed by atoms with E-state index in [2.05, 4.69) is 84.0 Å². The Labute approximate surface area is 302 Å². The normalized spacial score (nSPS) is 12.8. The summed E-state index contributed by atoms with van der Waals surface area (Å²) in [5.41, 5.74) is 12.5. The molecule has 0 fully saturated rings. The molecule has 0 amide bonds. The topological polar surface area (TPSA) is 110 Å². The van der Waals surface area contributed by atoms with Crippen molar-refractivity contribution in [1.82, 2.24) is 39.5 Å². The molecule has 0 aliphatic rings. The molecule has 0 saturated carbocycles. The summed E-state index contributed by atoms with van der Waals surface area (Å²) in [6, 6.07) is 28.4. The molecule has 260 valence electrons. The molecule has 2 atom stereocenters. The van der Waals surface area contributed by atoms with E-state index in [4.69, 9.17) is 10.2 Å². The van der Waals surface area contributed by atoms with E-state index in [0.29, 0.717) is 13.1 Å². The SMILES string of the molecule is Cc1nn(CC(C(=O)C(Cn2nc(C)c(Cc3c[nH]c4ncccc34)c2C)c2ccccc2)c2ccccc2)c(C)c1Cc1c[nH]c2ncccc12. The first-order valence-corrected chi connectivity index (χ1v) is 17.9. The van der Waals surface area contributed by atoms with Crippen LogP contribution < -0.4 is 0 Å². The van der Waals surface area contributed by atoms with Crippen LogP contribution in [0.5, 0.6) is 0 Å². The minimum atomic E-state index is -0.426. The number of carbonyl (C=O) groups is 1. The molecule has 2 aromatic carbocycles. The number of ketones is 1. The van der Waals surface area contributed by atoms with Crippen molar-refractivity contribution in [2.75, 3.05) is 0 Å². The van der Waals surface area contributed by atoms with Crippen LogP contribution in [0.1, 0.15) is 68.0 Å². The summed E-state index contributed by atoms with van der Waals surface area (Å²) in [4.78, 5) is 30.7. The number of hydrogen-bond donors (Lipinski definition) is 2. The number of rotatable bonds is 12. The minimum absolute atomic E-state index is 0.144. The Kier molecular flexibility index (Phi) is 8.85. The van der Waals surface area contributed by atoms with E-state index in [1.165, 1.54) is 22.3 Å². The van der Waals surface area contributed by atoms with Gasteiger partial charge in [-0.3, -0.25) is 14.2 Å². The first-order valence-electron chi connectivity index (χ1n) is 17.9. The maximum Gasteiger partial charge on any atom is 0.151 e. The van der Waals surface area contributed by atoms with Gasteiger partial charge >= 0.3 is 0 Å². The number of nitrogens with zero attached hydrogens (tertiary/aromatic N) is 6. The van der Waals surface area contributed by atoms with Gasteiger partial charge in [-0.1, -0.05) is 60.7 Å². The van der Waals surface area contributed by atoms with Crippen LogP contribution in [0.25, 0.3) is 22.1 Å². The van der Waals surface area contributed by atoms with Gasteiger partial charge in [-0.2, -0.15) is 10.2 Å². The Hall–Kier alpha value is -6.09. The number of pyridine rings is 2. The number of benzene rings is 2. The van der Waals surface area contributed by atoms with Gasteiger partial charge in [-0.15, -0.1) is 0 Å². The van der Waals surface area contributed by atoms with Crippen molar-refractivity contribution >= 4 is 27.9 Å². The van der Waals surface area contributed by atoms with Gasteiger partial charge in [-0.25, -0.2) is 9.97 Å². The van der Waals surface area contributed by atoms with E-state index in [0.717, 1.165) is 68.8 Å². The van der Waals surface area contributed by atoms with E-state index in [1.807, 2.05) is 70.3 Å². The highest BCUT2D eigenvalue weighted by molar-refractivity contribution is 5.91. The van der Waals surface area contributed by atoms with E-state index >= 15 is 4.79 Å². The lowest BCUT2D eigenvalue weighted by atomic mass is 9.83. The van der Waals surface area contributed by atoms with Crippen LogP contribution in [-0.2, 0) is 30.7 Å². The van der Waals surface area contributed by atoms with E-state index in [-0.39, 0.29) is 5.78 Å². The van der Waals surface area contributed by atoms with Gasteiger partial charge in [0.1, 0.15) is 11.3 Å². The summed E-state index contributed by atoms with van der Waals surface area (Å²) in [6.07, 6.45) is 9.15. The maximum absolute atomic E-state index is 15.2. The van der Waals surface area contributed by atoms with Crippen molar-refractivity contribution in [2.24, 2.45) is 0 Å². The van der Waals surface area contributed by atoms with Gasteiger partial charge in [0.15, 0.2) is 5.78 Å². The average Bonchev–Trinajstić information content (AvgIpc) is 3.92. The lowest BCUT2D eigenvalue weighted by Crippen LogP contribution is -2.28. The van der Waals surface area contributed by atoms with Crippen molar-refractivity contribution in [3.05, 3.63) is 166 Å². The molecule has 0 aliphatic heterocycles. The molecule has 9 heteroatoms. The number of Topliss-reactive ketones (excluding diaryl/α,β-unsaturated/α-hetero) is 1. The smallest absolute Gasteiger partial charge is 0.151 e. The number of aromatic amines is 2. The van der Waals surface area contributed by atoms with Crippen LogP contribution in [0.4, 0.5) is 0 Å². The molecular weight excluding hydrogens is 645 g/mol. The van der Waals surface area contributed by atoms with Crippen LogP contribution in [0.3, 0.4) is 0 Å². The predicted molar refractivity (Wildman–Crippen MR) is 205 cm³/mol. The van der Waals surface area contributed by atoms with Crippen molar-refractivity contribution < 1.29 is 4.79 Å². The molecule has 8 rings (SSSR count). The quantitative estimate of drug-likeness (QED) is 0.135. The number of aryl methyl sites for hydroxylation is 2. The molecule has 9 nitrogen and oxygen atoms in total. The zero-order valence-corrected chi connectivity index (χ0v) is 30.0. The van der Waals surface area contributed by atoms with Crippen LogP contribution in [0.2, 0.25) is 0 Å². The molecule has 0 radical (unpaired) electrons. The zero-order chi connectivity index (χ0) is 35.8. The van der Waals surface area contributed by atoms with Gasteiger partial charge in [0.2, 0.25) is 0 Å². The monoisotopic (exact) mass is 686 g/mol. The number of hydrogen-bond acceptors (Lipinski definition) is 5. The summed E-state index contributed by atoms with van der Waals surface area (Å²) in [5, 5.41) is 12.3. The molecule has 0 spiro atoms. The first kappa shape index (κ1) is 33.1. The number of H-pyrrole nitrogens is 2. The third-order valence-electron chi connectivity index (χ3n) is 10.7. The van der Waals surface area contributed by atoms with E-state index < -0.39 is 11.8 Å². The summed E-state index contributed by atoms with van der Waals surface area (Å²) in [6.45, 7) is 9.22. The van der Waals surface area contributed by atoms with Gasteiger partial charge in [0.25, 0.3) is 0 Å². The second-order valence-electron chi connectivity index (χ2n) is 13.8. The molecule has 52 heavy (non-hydrogen) atoms. The molecule has 6 heterocycles. The summed E-state index contributed by atoms with van der Waals surface area (Å²) >= 11 is 0. The first-order chi connectivity index (χ1) is 25.4. The summed E-state index contributed by atoms with van der Waals surface area (Å²) in [7, 11) is 0. The highest BCUT2D eigenvalue weighted by atomic mass is 16.1. The molecule has 2 N–H and O–H groups in total. The zero-order valence-electron chi connectivity index (χ0n) is 30.0. The highest BCUT2D eigenvalue weighted by Gasteiger charge is 2.32. The average molecular weight is 687 g/mol. The van der Waals surface area contributed by atoms with E-state index in [1.54, 1.807) is 12.4 Å². The van der Waals surface area contributed by atoms with Crippen LogP contribution >= 0.6 is 0 Å². The molecule has 2 unspecified atom stereocenters. The van der Waals surface area contributed by atoms with E-state index in [9.17, 15) is 0 Å². The molecule has 0 bridgehead atoms. The standard InChI is InChI=1S/C43H42N8O/c1-27-37(21-33-23-46-42-35(33)17-11-19-44-42)29(3)50(48-27)25-39(31-13-7-5-8-14-31)41(52)40(32-15-9-6-10-16-32)26-51-30(4)38(28(2)49-51)22-34-24-47-43-36(34)18-12-20-45-43/h5-20,23-24,39-40H,21-22,25-26H2,1-4H3,(H,44,46)(H,45,47). The lowest BCUT2D eigenvalue weighted by Gasteiger charge is -2.24. The Bertz CT molecular complexity index is 2330. The predicted octanol–water partition coefficient (Wildman–Crippen LogP) is 8.08. The number of aromatic nitrogens is 8. The summed E-state index contributed by atoms with van der Waals surface area (Å²) < 4.78 is 4.07. The molecule has 8 aromatic rings. The molecule has 6 aromatic heterocycles. The largest absolute Gasteiger partial charge is 0.346 e. The van der Waals surface area contributed by atoms with Crippen LogP contribution in [0.15, 0.2) is 110 Å². The number of nitrogens with one attached hydrogen (secondary N) is 2. The van der Waals surface area contributed by atoms with Crippen molar-refractivity contribution in [3.8, 4) is 0 Å². The highest BCUT2D eigenvalue weighted by Crippen LogP contribution is 2.32. The maximum atomic E-state index is 15.2. The van der Waals surface area contributed by atoms with Gasteiger partial charge in [0.05, 0.1) is 36.3 Å². The number of fused-ring (bicyclic) bond motifs is 2. The lowest BCUT2D eigenvalue weighted by molar-refractivity contribution is -0.122. The third kappa shape index (κ3) is 6.23. The minimum Gasteiger partial charge on any atom is -0.346 e. The van der Waals surface area contributed by atoms with Crippen LogP contribution in [0, 0.1) is 27.7 Å². The van der Waals surface area contributed by atoms with Crippen LogP contribution in [-0.4, -0.2) is 45.3 Å². The van der Waals surface area contributed by atoms with Crippen molar-refractivity contribution in [2.45, 2.75) is 65.5 Å². The Morgan fingerprint density at radius 2 is 1.02 bits per heavy atom. The Morgan fingerprint density at radius 3 is 1.44 bits per heavy atom. The Balaban J connectivity index is 1.13. The fourth-order valence-corrected chi connectivity index (χ4v) is 7.71. The molecule has 0 aliphatic carbocycles. The Morgan fingerprint density at radius 1 is 0.596 bits per heavy atom. The summed E-state index contributed by atoms with van der Waals surface area (Å²) in [5.74, 6) is -0.708. The fourth-order valence-electron chi connectivity index (χ4n) is 7.71. The number of carbonyl (C=O) groups excluding carboxylic acids is 1. The van der Waals surface area contributed by atoms with Crippen molar-refractivity contribution in [3.63, 3.8) is 0 Å². The second kappa shape index (κ2) is 13.9. The fraction of sp³-hybridized carbons (Fsp3) is 0.233.